The maximum absolute atomic E-state index is 11.7. The summed E-state index contributed by atoms with van der Waals surface area (Å²) in [5.74, 6) is -2.27. The summed E-state index contributed by atoms with van der Waals surface area (Å²) < 4.78 is 10.3. The van der Waals surface area contributed by atoms with Gasteiger partial charge >= 0.3 is 11.9 Å². The van der Waals surface area contributed by atoms with Crippen molar-refractivity contribution in [2.24, 2.45) is 0 Å². The van der Waals surface area contributed by atoms with Crippen molar-refractivity contribution in [1.29, 1.82) is 0 Å². The van der Waals surface area contributed by atoms with Crippen molar-refractivity contribution >= 4 is 11.9 Å². The maximum atomic E-state index is 11.7. The summed E-state index contributed by atoms with van der Waals surface area (Å²) in [5, 5.41) is 36.4. The average molecular weight is 398 g/mol. The quantitative estimate of drug-likeness (QED) is 0.310. The van der Waals surface area contributed by atoms with Gasteiger partial charge in [-0.25, -0.2) is 9.59 Å². The zero-order valence-corrected chi connectivity index (χ0v) is 16.1. The number of aromatic carboxylic acids is 2. The van der Waals surface area contributed by atoms with E-state index in [-0.39, 0.29) is 37.6 Å². The number of rotatable bonds is 16. The van der Waals surface area contributed by atoms with E-state index < -0.39 is 11.9 Å². The first kappa shape index (κ1) is 24.0. The molecule has 0 radical (unpaired) electrons. The summed E-state index contributed by atoms with van der Waals surface area (Å²) in [6.45, 7) is 1.38. The fraction of sp³-hybridized carbons (Fsp3) is 0.600. The number of carbonyl (C=O) groups is 2. The minimum atomic E-state index is -1.14. The topological polar surface area (TPSA) is 134 Å². The van der Waals surface area contributed by atoms with E-state index in [1.54, 1.807) is 12.1 Å². The highest BCUT2D eigenvalue weighted by molar-refractivity contribution is 5.97. The van der Waals surface area contributed by atoms with Crippen LogP contribution in [0.2, 0.25) is 0 Å². The molecule has 158 valence electrons. The van der Waals surface area contributed by atoms with Crippen LogP contribution >= 0.6 is 0 Å². The number of hydrogen-bond acceptors (Lipinski definition) is 6. The Morgan fingerprint density at radius 2 is 1.18 bits per heavy atom. The van der Waals surface area contributed by atoms with Gasteiger partial charge in [0, 0.05) is 13.2 Å². The fourth-order valence-corrected chi connectivity index (χ4v) is 2.90. The zero-order valence-electron chi connectivity index (χ0n) is 16.1. The monoisotopic (exact) mass is 398 g/mol. The van der Waals surface area contributed by atoms with Crippen molar-refractivity contribution in [3.05, 3.63) is 34.4 Å². The maximum Gasteiger partial charge on any atom is 0.335 e. The summed E-state index contributed by atoms with van der Waals surface area (Å²) in [7, 11) is 0. The molecule has 1 rings (SSSR count). The lowest BCUT2D eigenvalue weighted by molar-refractivity contribution is 0.0694. The SMILES string of the molecule is O=C(O)c1cc(CCCCOCCO)cc(C(=O)O)c1CCCCOCCO. The van der Waals surface area contributed by atoms with Crippen molar-refractivity contribution in [1.82, 2.24) is 0 Å². The number of carboxylic acids is 2. The summed E-state index contributed by atoms with van der Waals surface area (Å²) in [6, 6.07) is 3.11. The lowest BCUT2D eigenvalue weighted by Crippen LogP contribution is -2.12. The molecule has 0 aliphatic carbocycles. The first-order chi connectivity index (χ1) is 13.5. The molecule has 1 aromatic carbocycles. The van der Waals surface area contributed by atoms with Gasteiger partial charge in [-0.1, -0.05) is 0 Å². The summed E-state index contributed by atoms with van der Waals surface area (Å²) >= 11 is 0. The minimum Gasteiger partial charge on any atom is -0.478 e. The van der Waals surface area contributed by atoms with Crippen LogP contribution in [0, 0.1) is 0 Å². The second-order valence-corrected chi connectivity index (χ2v) is 6.37. The third-order valence-corrected chi connectivity index (χ3v) is 4.21. The van der Waals surface area contributed by atoms with E-state index in [4.69, 9.17) is 19.7 Å². The average Bonchev–Trinajstić information content (AvgIpc) is 2.67. The van der Waals surface area contributed by atoms with Crippen LogP contribution in [0.3, 0.4) is 0 Å². The Morgan fingerprint density at radius 3 is 1.61 bits per heavy atom. The number of aryl methyl sites for hydroxylation is 1. The summed E-state index contributed by atoms with van der Waals surface area (Å²) in [5.41, 5.74) is 1.06. The van der Waals surface area contributed by atoms with Crippen LogP contribution in [0.25, 0.3) is 0 Å². The van der Waals surface area contributed by atoms with Gasteiger partial charge in [0.25, 0.3) is 0 Å². The Morgan fingerprint density at radius 1 is 0.714 bits per heavy atom. The molecule has 0 atom stereocenters. The van der Waals surface area contributed by atoms with Gasteiger partial charge in [-0.3, -0.25) is 0 Å². The molecule has 0 saturated heterocycles. The molecule has 28 heavy (non-hydrogen) atoms. The van der Waals surface area contributed by atoms with Gasteiger partial charge in [-0.2, -0.15) is 0 Å². The van der Waals surface area contributed by atoms with Crippen molar-refractivity contribution in [3.63, 3.8) is 0 Å². The normalized spacial score (nSPS) is 10.9. The first-order valence-corrected chi connectivity index (χ1v) is 9.50. The third-order valence-electron chi connectivity index (χ3n) is 4.21. The van der Waals surface area contributed by atoms with E-state index in [1.807, 2.05) is 0 Å². The summed E-state index contributed by atoms with van der Waals surface area (Å²) in [6.07, 6.45) is 3.59. The van der Waals surface area contributed by atoms with Crippen molar-refractivity contribution in [3.8, 4) is 0 Å². The molecule has 1 aromatic rings. The molecule has 0 amide bonds. The van der Waals surface area contributed by atoms with Gasteiger partial charge in [0.15, 0.2) is 0 Å². The van der Waals surface area contributed by atoms with Gasteiger partial charge in [-0.15, -0.1) is 0 Å². The lowest BCUT2D eigenvalue weighted by Gasteiger charge is -2.13. The Labute approximate surface area is 164 Å². The van der Waals surface area contributed by atoms with Gasteiger partial charge in [0.1, 0.15) is 0 Å². The Bertz CT molecular complexity index is 579. The molecule has 0 aliphatic heterocycles. The molecule has 0 spiro atoms. The van der Waals surface area contributed by atoms with Gasteiger partial charge in [-0.05, 0) is 61.8 Å². The van der Waals surface area contributed by atoms with Crippen LogP contribution in [0.4, 0.5) is 0 Å². The molecule has 8 heteroatoms. The number of aliphatic hydroxyl groups is 2. The van der Waals surface area contributed by atoms with Crippen LogP contribution < -0.4 is 0 Å². The number of benzene rings is 1. The fourth-order valence-electron chi connectivity index (χ4n) is 2.90. The smallest absolute Gasteiger partial charge is 0.335 e. The molecule has 4 N–H and O–H groups in total. The van der Waals surface area contributed by atoms with E-state index in [2.05, 4.69) is 0 Å². The van der Waals surface area contributed by atoms with Crippen LogP contribution in [0.15, 0.2) is 12.1 Å². The molecule has 0 aromatic heterocycles. The molecule has 0 aliphatic rings. The Hall–Kier alpha value is -2.00. The highest BCUT2D eigenvalue weighted by Gasteiger charge is 2.19. The molecule has 0 bridgehead atoms. The lowest BCUT2D eigenvalue weighted by atomic mass is 9.92. The highest BCUT2D eigenvalue weighted by atomic mass is 16.5. The van der Waals surface area contributed by atoms with E-state index in [0.29, 0.717) is 50.0 Å². The molecule has 0 unspecified atom stereocenters. The van der Waals surface area contributed by atoms with Gasteiger partial charge in [0.05, 0.1) is 37.6 Å². The second kappa shape index (κ2) is 14.1. The highest BCUT2D eigenvalue weighted by Crippen LogP contribution is 2.22. The van der Waals surface area contributed by atoms with Crippen LogP contribution in [0.5, 0.6) is 0 Å². The summed E-state index contributed by atoms with van der Waals surface area (Å²) in [4.78, 5) is 23.4. The molecular formula is C20H30O8. The number of aliphatic hydroxyl groups excluding tert-OH is 2. The van der Waals surface area contributed by atoms with Crippen molar-refractivity contribution in [2.45, 2.75) is 38.5 Å². The predicted molar refractivity (Wildman–Crippen MR) is 102 cm³/mol. The van der Waals surface area contributed by atoms with E-state index in [0.717, 1.165) is 12.8 Å². The predicted octanol–water partition coefficient (Wildman–Crippen LogP) is 1.75. The molecule has 0 fully saturated rings. The molecule has 0 heterocycles. The molecule has 0 saturated carbocycles. The number of ether oxygens (including phenoxy) is 2. The largest absolute Gasteiger partial charge is 0.478 e. The number of hydrogen-bond donors (Lipinski definition) is 4. The zero-order chi connectivity index (χ0) is 20.8. The van der Waals surface area contributed by atoms with Crippen LogP contribution in [-0.4, -0.2) is 72.0 Å². The third kappa shape index (κ3) is 8.79. The molecular weight excluding hydrogens is 368 g/mol. The van der Waals surface area contributed by atoms with E-state index in [9.17, 15) is 19.8 Å². The number of carboxylic acid groups (broad SMARTS) is 2. The Kier molecular flexibility index (Phi) is 12.1. The van der Waals surface area contributed by atoms with E-state index in [1.165, 1.54) is 0 Å². The van der Waals surface area contributed by atoms with Crippen LogP contribution in [-0.2, 0) is 22.3 Å². The Balaban J connectivity index is 2.78. The minimum absolute atomic E-state index is 0.0288. The van der Waals surface area contributed by atoms with Gasteiger partial charge in [0.2, 0.25) is 0 Å². The van der Waals surface area contributed by atoms with Gasteiger partial charge < -0.3 is 29.9 Å². The van der Waals surface area contributed by atoms with Crippen molar-refractivity contribution < 1.29 is 39.5 Å². The first-order valence-electron chi connectivity index (χ1n) is 9.50. The van der Waals surface area contributed by atoms with E-state index >= 15 is 0 Å². The second-order valence-electron chi connectivity index (χ2n) is 6.37. The molecule has 8 nitrogen and oxygen atoms in total. The standard InChI is InChI=1S/C20H30O8/c21-7-11-27-9-3-1-5-15-13-17(19(23)24)16(18(14-15)20(25)26)6-2-4-10-28-12-8-22/h13-14,21-22H,1-12H2,(H,23,24)(H,25,26). The van der Waals surface area contributed by atoms with Crippen molar-refractivity contribution in [2.75, 3.05) is 39.6 Å². The number of unbranched alkanes of at least 4 members (excludes halogenated alkanes) is 2. The van der Waals surface area contributed by atoms with Crippen LogP contribution in [0.1, 0.15) is 57.5 Å².